The number of hydrogen-bond donors (Lipinski definition) is 3. The summed E-state index contributed by atoms with van der Waals surface area (Å²) in [6.07, 6.45) is -0.993. The Morgan fingerprint density at radius 2 is 1.68 bits per heavy atom. The molecule has 0 spiro atoms. The predicted octanol–water partition coefficient (Wildman–Crippen LogP) is 2.21. The van der Waals surface area contributed by atoms with Crippen LogP contribution in [0.1, 0.15) is 13.8 Å². The average molecular weight is 389 g/mol. The Kier molecular flexibility index (Phi) is 6.35. The van der Waals surface area contributed by atoms with Gasteiger partial charge in [-0.3, -0.25) is 4.79 Å². The molecule has 1 atom stereocenters. The molecule has 4 N–H and O–H groups in total. The number of primary sulfonamides is 1. The van der Waals surface area contributed by atoms with E-state index in [-0.39, 0.29) is 16.7 Å². The van der Waals surface area contributed by atoms with E-state index in [0.29, 0.717) is 5.69 Å². The molecule has 0 fully saturated rings. The lowest BCUT2D eigenvalue weighted by Crippen LogP contribution is -2.50. The predicted molar refractivity (Wildman–Crippen MR) is 88.5 cm³/mol. The highest BCUT2D eigenvalue weighted by Gasteiger charge is 2.34. The summed E-state index contributed by atoms with van der Waals surface area (Å²) in [5.74, 6) is -0.591. The van der Waals surface area contributed by atoms with Crippen molar-refractivity contribution in [2.45, 2.75) is 28.7 Å². The summed E-state index contributed by atoms with van der Waals surface area (Å²) in [6, 6.07) is 5.50. The molecule has 0 saturated heterocycles. The van der Waals surface area contributed by atoms with E-state index in [1.54, 1.807) is 13.8 Å². The van der Waals surface area contributed by atoms with Gasteiger partial charge < -0.3 is 10.6 Å². The SMILES string of the molecule is CC(C)C(=O)N[C@H](Nc1ccc(S(N)(=O)=O)cc1)C(Cl)(Cl)Cl. The van der Waals surface area contributed by atoms with Crippen LogP contribution in [0.5, 0.6) is 0 Å². The fraction of sp³-hybridized carbons (Fsp3) is 0.417. The fourth-order valence-electron chi connectivity index (χ4n) is 1.42. The van der Waals surface area contributed by atoms with Crippen molar-refractivity contribution >= 4 is 56.4 Å². The Morgan fingerprint density at radius 1 is 1.18 bits per heavy atom. The van der Waals surface area contributed by atoms with Crippen molar-refractivity contribution in [2.75, 3.05) is 5.32 Å². The monoisotopic (exact) mass is 387 g/mol. The first-order valence-corrected chi connectivity index (χ1v) is 8.86. The third-order valence-electron chi connectivity index (χ3n) is 2.63. The smallest absolute Gasteiger partial charge is 0.238 e. The molecule has 1 aromatic carbocycles. The molecule has 1 rings (SSSR count). The Balaban J connectivity index is 2.93. The van der Waals surface area contributed by atoms with Crippen LogP contribution in [-0.2, 0) is 14.8 Å². The molecule has 0 aromatic heterocycles. The molecule has 0 saturated carbocycles. The molecule has 124 valence electrons. The zero-order valence-electron chi connectivity index (χ0n) is 11.8. The molecule has 10 heteroatoms. The third kappa shape index (κ3) is 5.81. The first-order valence-electron chi connectivity index (χ1n) is 6.17. The average Bonchev–Trinajstić information content (AvgIpc) is 2.36. The van der Waals surface area contributed by atoms with Crippen LogP contribution in [0.3, 0.4) is 0 Å². The van der Waals surface area contributed by atoms with Crippen molar-refractivity contribution < 1.29 is 13.2 Å². The number of carbonyl (C=O) groups excluding carboxylic acids is 1. The number of carbonyl (C=O) groups is 1. The van der Waals surface area contributed by atoms with Gasteiger partial charge in [0, 0.05) is 11.6 Å². The van der Waals surface area contributed by atoms with Gasteiger partial charge >= 0.3 is 0 Å². The minimum atomic E-state index is -3.78. The number of nitrogens with one attached hydrogen (secondary N) is 2. The lowest BCUT2D eigenvalue weighted by atomic mass is 10.2. The normalized spacial score (nSPS) is 13.8. The molecule has 0 aliphatic heterocycles. The molecule has 1 aromatic rings. The van der Waals surface area contributed by atoms with Gasteiger partial charge in [-0.05, 0) is 24.3 Å². The van der Waals surface area contributed by atoms with Crippen molar-refractivity contribution in [1.82, 2.24) is 5.32 Å². The van der Waals surface area contributed by atoms with Crippen LogP contribution < -0.4 is 15.8 Å². The quantitative estimate of drug-likeness (QED) is 0.531. The van der Waals surface area contributed by atoms with E-state index in [1.165, 1.54) is 24.3 Å². The van der Waals surface area contributed by atoms with Gasteiger partial charge in [0.1, 0.15) is 6.17 Å². The highest BCUT2D eigenvalue weighted by Crippen LogP contribution is 2.31. The van der Waals surface area contributed by atoms with E-state index in [2.05, 4.69) is 10.6 Å². The van der Waals surface area contributed by atoms with Crippen molar-refractivity contribution in [3.8, 4) is 0 Å². The number of anilines is 1. The number of sulfonamides is 1. The van der Waals surface area contributed by atoms with Gasteiger partial charge in [-0.2, -0.15) is 0 Å². The molecule has 6 nitrogen and oxygen atoms in total. The second-order valence-corrected chi connectivity index (χ2v) is 8.78. The molecular formula is C12H16Cl3N3O3S. The summed E-state index contributed by atoms with van der Waals surface area (Å²) in [7, 11) is -3.78. The topological polar surface area (TPSA) is 101 Å². The molecule has 0 bridgehead atoms. The van der Waals surface area contributed by atoms with Crippen LogP contribution in [0, 0.1) is 5.92 Å². The Labute approximate surface area is 144 Å². The number of hydrogen-bond acceptors (Lipinski definition) is 4. The van der Waals surface area contributed by atoms with Gasteiger partial charge in [-0.1, -0.05) is 48.7 Å². The minimum absolute atomic E-state index is 0.0466. The summed E-state index contributed by atoms with van der Waals surface area (Å²) in [5, 5.41) is 10.4. The van der Waals surface area contributed by atoms with Crippen molar-refractivity contribution in [3.05, 3.63) is 24.3 Å². The lowest BCUT2D eigenvalue weighted by Gasteiger charge is -2.28. The summed E-state index contributed by atoms with van der Waals surface area (Å²) < 4.78 is 20.6. The number of halogens is 3. The van der Waals surface area contributed by atoms with Crippen LogP contribution in [0.15, 0.2) is 29.2 Å². The number of benzene rings is 1. The van der Waals surface area contributed by atoms with Gasteiger partial charge in [-0.15, -0.1) is 0 Å². The molecule has 0 aliphatic rings. The first-order chi connectivity index (χ1) is 9.91. The van der Waals surface area contributed by atoms with Crippen molar-refractivity contribution in [3.63, 3.8) is 0 Å². The van der Waals surface area contributed by atoms with Gasteiger partial charge in [0.15, 0.2) is 0 Å². The lowest BCUT2D eigenvalue weighted by molar-refractivity contribution is -0.124. The fourth-order valence-corrected chi connectivity index (χ4v) is 2.26. The van der Waals surface area contributed by atoms with E-state index in [9.17, 15) is 13.2 Å². The Morgan fingerprint density at radius 3 is 2.05 bits per heavy atom. The zero-order valence-corrected chi connectivity index (χ0v) is 14.9. The van der Waals surface area contributed by atoms with E-state index in [0.717, 1.165) is 0 Å². The van der Waals surface area contributed by atoms with E-state index < -0.39 is 20.0 Å². The van der Waals surface area contributed by atoms with Crippen molar-refractivity contribution in [1.29, 1.82) is 0 Å². The Bertz CT molecular complexity index is 627. The highest BCUT2D eigenvalue weighted by molar-refractivity contribution is 7.89. The summed E-state index contributed by atoms with van der Waals surface area (Å²) in [5.41, 5.74) is 0.452. The molecule has 0 aliphatic carbocycles. The second-order valence-electron chi connectivity index (χ2n) is 4.85. The molecule has 0 unspecified atom stereocenters. The van der Waals surface area contributed by atoms with E-state index in [4.69, 9.17) is 39.9 Å². The van der Waals surface area contributed by atoms with Crippen LogP contribution >= 0.6 is 34.8 Å². The molecule has 0 radical (unpaired) electrons. The van der Waals surface area contributed by atoms with Gasteiger partial charge in [0.25, 0.3) is 0 Å². The maximum absolute atomic E-state index is 11.8. The van der Waals surface area contributed by atoms with Crippen molar-refractivity contribution in [2.24, 2.45) is 11.1 Å². The third-order valence-corrected chi connectivity index (χ3v) is 4.22. The van der Waals surface area contributed by atoms with E-state index in [1.807, 2.05) is 0 Å². The van der Waals surface area contributed by atoms with Crippen LogP contribution in [0.25, 0.3) is 0 Å². The number of amides is 1. The second kappa shape index (κ2) is 7.23. The van der Waals surface area contributed by atoms with E-state index >= 15 is 0 Å². The number of alkyl halides is 3. The van der Waals surface area contributed by atoms with Crippen LogP contribution in [-0.4, -0.2) is 24.3 Å². The van der Waals surface area contributed by atoms with Crippen LogP contribution in [0.4, 0.5) is 5.69 Å². The summed E-state index contributed by atoms with van der Waals surface area (Å²) >= 11 is 17.5. The molecule has 22 heavy (non-hydrogen) atoms. The van der Waals surface area contributed by atoms with Gasteiger partial charge in [-0.25, -0.2) is 13.6 Å². The zero-order chi connectivity index (χ0) is 17.1. The standard InChI is InChI=1S/C12H16Cl3N3O3S/c1-7(2)10(19)18-11(12(13,14)15)17-8-3-5-9(6-4-8)22(16,20)21/h3-7,11,17H,1-2H3,(H,18,19)(H2,16,20,21)/t11-/m0/s1. The number of rotatable bonds is 5. The van der Waals surface area contributed by atoms with Gasteiger partial charge in [0.05, 0.1) is 4.90 Å². The Hall–Kier alpha value is -0.730. The maximum atomic E-state index is 11.8. The maximum Gasteiger partial charge on any atom is 0.238 e. The molecule has 1 amide bonds. The molecular weight excluding hydrogens is 373 g/mol. The van der Waals surface area contributed by atoms with Gasteiger partial charge in [0.2, 0.25) is 19.7 Å². The highest BCUT2D eigenvalue weighted by atomic mass is 35.6. The summed E-state index contributed by atoms with van der Waals surface area (Å²) in [4.78, 5) is 11.7. The first kappa shape index (κ1) is 19.3. The minimum Gasteiger partial charge on any atom is -0.362 e. The molecule has 0 heterocycles. The largest absolute Gasteiger partial charge is 0.362 e. The van der Waals surface area contributed by atoms with Crippen LogP contribution in [0.2, 0.25) is 0 Å². The summed E-state index contributed by atoms with van der Waals surface area (Å²) in [6.45, 7) is 3.40. The number of nitrogens with two attached hydrogens (primary N) is 1.